The molecule has 3 aromatic carbocycles. The number of nitrogens with zero attached hydrogens (tertiary/aromatic N) is 3. The summed E-state index contributed by atoms with van der Waals surface area (Å²) in [5, 5.41) is 7.00. The Labute approximate surface area is 226 Å². The van der Waals surface area contributed by atoms with Crippen LogP contribution < -0.4 is 16.0 Å². The van der Waals surface area contributed by atoms with Gasteiger partial charge in [0.1, 0.15) is 0 Å². The molecule has 9 heteroatoms. The van der Waals surface area contributed by atoms with Crippen molar-refractivity contribution in [2.75, 3.05) is 10.2 Å². The molecule has 0 radical (unpaired) electrons. The first kappa shape index (κ1) is 25.8. The maximum atomic E-state index is 13.6. The minimum absolute atomic E-state index is 0.259. The van der Waals surface area contributed by atoms with Crippen molar-refractivity contribution in [3.8, 4) is 0 Å². The SMILES string of the molecule is N=NC(N)=NC(=O)c1ccc(CN(C(=O)Nc2ccc3[nH]ccc3c2)c2ccc(C3CCCCC3)cc2)cc1. The van der Waals surface area contributed by atoms with E-state index in [0.717, 1.165) is 22.2 Å². The van der Waals surface area contributed by atoms with Crippen molar-refractivity contribution in [1.82, 2.24) is 4.98 Å². The van der Waals surface area contributed by atoms with E-state index in [0.29, 0.717) is 23.7 Å². The Hall–Kier alpha value is -4.79. The Balaban J connectivity index is 1.39. The number of aromatic amines is 1. The van der Waals surface area contributed by atoms with E-state index >= 15 is 0 Å². The van der Waals surface area contributed by atoms with Gasteiger partial charge in [-0.1, -0.05) is 43.5 Å². The number of carbonyl (C=O) groups is 2. The van der Waals surface area contributed by atoms with Gasteiger partial charge in [-0.25, -0.2) is 10.3 Å². The second-order valence-corrected chi connectivity index (χ2v) is 9.81. The molecule has 0 spiro atoms. The summed E-state index contributed by atoms with van der Waals surface area (Å²) in [6.07, 6.45) is 8.12. The van der Waals surface area contributed by atoms with Crippen LogP contribution in [-0.4, -0.2) is 22.9 Å². The predicted octanol–water partition coefficient (Wildman–Crippen LogP) is 6.94. The van der Waals surface area contributed by atoms with E-state index in [4.69, 9.17) is 11.3 Å². The van der Waals surface area contributed by atoms with Crippen LogP contribution in [0.3, 0.4) is 0 Å². The number of anilines is 2. The minimum atomic E-state index is -0.580. The van der Waals surface area contributed by atoms with Crippen LogP contribution in [0, 0.1) is 5.53 Å². The molecule has 198 valence electrons. The van der Waals surface area contributed by atoms with Gasteiger partial charge in [0.05, 0.1) is 6.54 Å². The third-order valence-electron chi connectivity index (χ3n) is 7.20. The lowest BCUT2D eigenvalue weighted by Gasteiger charge is -2.26. The van der Waals surface area contributed by atoms with Gasteiger partial charge in [-0.3, -0.25) is 9.69 Å². The highest BCUT2D eigenvalue weighted by atomic mass is 16.2. The Morgan fingerprint density at radius 2 is 1.72 bits per heavy atom. The number of aromatic nitrogens is 1. The molecule has 9 nitrogen and oxygen atoms in total. The summed E-state index contributed by atoms with van der Waals surface area (Å²) in [5.41, 5.74) is 17.2. The lowest BCUT2D eigenvalue weighted by atomic mass is 9.84. The number of rotatable bonds is 6. The van der Waals surface area contributed by atoms with Crippen molar-refractivity contribution in [2.45, 2.75) is 44.6 Å². The van der Waals surface area contributed by atoms with Crippen LogP contribution in [0.1, 0.15) is 59.5 Å². The second kappa shape index (κ2) is 11.7. The molecule has 39 heavy (non-hydrogen) atoms. The number of H-pyrrole nitrogens is 1. The largest absolute Gasteiger partial charge is 0.366 e. The molecule has 1 fully saturated rings. The average molecular weight is 522 g/mol. The summed E-state index contributed by atoms with van der Waals surface area (Å²) >= 11 is 0. The highest BCUT2D eigenvalue weighted by Gasteiger charge is 2.20. The fourth-order valence-electron chi connectivity index (χ4n) is 5.09. The maximum Gasteiger partial charge on any atom is 0.326 e. The number of amides is 3. The first-order valence-electron chi connectivity index (χ1n) is 13.1. The molecule has 5 rings (SSSR count). The van der Waals surface area contributed by atoms with Crippen molar-refractivity contribution in [1.29, 1.82) is 5.53 Å². The van der Waals surface area contributed by atoms with E-state index in [9.17, 15) is 9.59 Å². The maximum absolute atomic E-state index is 13.6. The molecule has 1 aromatic heterocycles. The van der Waals surface area contributed by atoms with Gasteiger partial charge >= 0.3 is 6.03 Å². The minimum Gasteiger partial charge on any atom is -0.366 e. The van der Waals surface area contributed by atoms with E-state index in [-0.39, 0.29) is 6.03 Å². The molecule has 4 aromatic rings. The number of guanidine groups is 1. The van der Waals surface area contributed by atoms with Crippen LogP contribution in [0.5, 0.6) is 0 Å². The zero-order valence-corrected chi connectivity index (χ0v) is 21.6. The van der Waals surface area contributed by atoms with Gasteiger partial charge in [-0.2, -0.15) is 4.99 Å². The molecule has 0 atom stereocenters. The smallest absolute Gasteiger partial charge is 0.326 e. The average Bonchev–Trinajstić information content (AvgIpc) is 3.44. The molecule has 3 amide bonds. The van der Waals surface area contributed by atoms with E-state index in [1.165, 1.54) is 37.7 Å². The number of fused-ring (bicyclic) bond motifs is 1. The topological polar surface area (TPSA) is 140 Å². The number of aliphatic imine (C=N–C) groups is 1. The van der Waals surface area contributed by atoms with Gasteiger partial charge in [0, 0.05) is 34.0 Å². The Morgan fingerprint density at radius 3 is 2.44 bits per heavy atom. The molecule has 0 saturated heterocycles. The summed E-state index contributed by atoms with van der Waals surface area (Å²) in [7, 11) is 0. The van der Waals surface area contributed by atoms with E-state index in [2.05, 4.69) is 32.5 Å². The van der Waals surface area contributed by atoms with Gasteiger partial charge in [0.2, 0.25) is 5.96 Å². The summed E-state index contributed by atoms with van der Waals surface area (Å²) in [6.45, 7) is 0.295. The number of urea groups is 1. The molecular weight excluding hydrogens is 490 g/mol. The van der Waals surface area contributed by atoms with Gasteiger partial charge in [0.25, 0.3) is 5.91 Å². The predicted molar refractivity (Wildman–Crippen MR) is 153 cm³/mol. The Bertz CT molecular complexity index is 1500. The van der Waals surface area contributed by atoms with Crippen molar-refractivity contribution in [3.05, 3.63) is 95.7 Å². The lowest BCUT2D eigenvalue weighted by molar-refractivity contribution is 0.100. The fraction of sp³-hybridized carbons (Fsp3) is 0.233. The van der Waals surface area contributed by atoms with E-state index in [1.54, 1.807) is 29.2 Å². The third kappa shape index (κ3) is 6.20. The van der Waals surface area contributed by atoms with E-state index < -0.39 is 11.9 Å². The zero-order valence-electron chi connectivity index (χ0n) is 21.6. The summed E-state index contributed by atoms with van der Waals surface area (Å²) < 4.78 is 0. The molecule has 1 aliphatic carbocycles. The van der Waals surface area contributed by atoms with E-state index in [1.807, 2.05) is 42.6 Å². The van der Waals surface area contributed by atoms with Crippen molar-refractivity contribution in [3.63, 3.8) is 0 Å². The molecule has 0 bridgehead atoms. The highest BCUT2D eigenvalue weighted by molar-refractivity contribution is 6.03. The molecule has 1 heterocycles. The van der Waals surface area contributed by atoms with Crippen LogP contribution in [0.15, 0.2) is 89.1 Å². The number of benzene rings is 3. The Morgan fingerprint density at radius 1 is 0.974 bits per heavy atom. The number of nitrogens with one attached hydrogen (secondary N) is 3. The molecule has 1 saturated carbocycles. The standard InChI is InChI=1S/C30H31N7O2/c31-29(36-32)35-28(38)23-8-6-20(7-9-23)19-37(26-13-10-22(11-14-26)21-4-2-1-3-5-21)30(39)34-25-12-15-27-24(18-25)16-17-33-27/h6-18,21,32-33H,1-5,19H2,(H,34,39)(H2,31,35,38). The number of carbonyl (C=O) groups excluding carboxylic acids is 2. The van der Waals surface area contributed by atoms with Crippen LogP contribution in [0.4, 0.5) is 16.2 Å². The monoisotopic (exact) mass is 521 g/mol. The number of nitrogens with two attached hydrogens (primary N) is 1. The zero-order chi connectivity index (χ0) is 27.2. The van der Waals surface area contributed by atoms with Gasteiger partial charge < -0.3 is 16.0 Å². The van der Waals surface area contributed by atoms with Crippen molar-refractivity contribution in [2.24, 2.45) is 15.8 Å². The summed E-state index contributed by atoms with van der Waals surface area (Å²) in [6, 6.07) is 22.6. The first-order chi connectivity index (χ1) is 19.0. The van der Waals surface area contributed by atoms with Crippen LogP contribution in [0.25, 0.3) is 10.9 Å². The second-order valence-electron chi connectivity index (χ2n) is 9.81. The molecule has 0 unspecified atom stereocenters. The Kier molecular flexibility index (Phi) is 7.77. The number of hydrogen-bond donors (Lipinski definition) is 4. The lowest BCUT2D eigenvalue weighted by Crippen LogP contribution is -2.34. The van der Waals surface area contributed by atoms with Gasteiger partial charge in [0.15, 0.2) is 0 Å². The summed E-state index contributed by atoms with van der Waals surface area (Å²) in [4.78, 5) is 34.3. The van der Waals surface area contributed by atoms with Crippen LogP contribution in [-0.2, 0) is 6.54 Å². The highest BCUT2D eigenvalue weighted by Crippen LogP contribution is 2.33. The number of hydrogen-bond acceptors (Lipinski definition) is 3. The van der Waals surface area contributed by atoms with Crippen LogP contribution >= 0.6 is 0 Å². The molecule has 1 aliphatic rings. The third-order valence-corrected chi connectivity index (χ3v) is 7.20. The van der Waals surface area contributed by atoms with Crippen molar-refractivity contribution < 1.29 is 9.59 Å². The molecular formula is C30H31N7O2. The quantitative estimate of drug-likeness (QED) is 0.124. The van der Waals surface area contributed by atoms with Gasteiger partial charge in [-0.05, 0) is 78.4 Å². The molecule has 5 N–H and O–H groups in total. The molecule has 0 aliphatic heterocycles. The van der Waals surface area contributed by atoms with Crippen molar-refractivity contribution >= 4 is 40.2 Å². The van der Waals surface area contributed by atoms with Crippen LogP contribution in [0.2, 0.25) is 0 Å². The normalized spacial score (nSPS) is 14.2. The summed E-state index contributed by atoms with van der Waals surface area (Å²) in [5.74, 6) is -0.405. The first-order valence-corrected chi connectivity index (χ1v) is 13.1. The fourth-order valence-corrected chi connectivity index (χ4v) is 5.09. The van der Waals surface area contributed by atoms with Gasteiger partial charge in [-0.15, -0.1) is 5.11 Å².